The van der Waals surface area contributed by atoms with E-state index >= 15 is 0 Å². The molecule has 0 spiro atoms. The van der Waals surface area contributed by atoms with Crippen LogP contribution in [0, 0.1) is 5.92 Å². The van der Waals surface area contributed by atoms with Gasteiger partial charge in [-0.3, -0.25) is 0 Å². The molecule has 0 aromatic heterocycles. The number of hydrogen-bond donors (Lipinski definition) is 0. The van der Waals surface area contributed by atoms with Gasteiger partial charge in [0.2, 0.25) is 15.2 Å². The number of hydrogen-bond acceptors (Lipinski definition) is 0. The van der Waals surface area contributed by atoms with Crippen molar-refractivity contribution in [3.8, 4) is 0 Å². The lowest BCUT2D eigenvalue weighted by molar-refractivity contribution is 0.730. The molecule has 0 rings (SSSR count). The Morgan fingerprint density at radius 2 is 2.00 bits per heavy atom. The normalized spacial score (nSPS) is 9.71. The molecule has 0 aliphatic carbocycles. The second kappa shape index (κ2) is 4.69. The first-order chi connectivity index (χ1) is 3.27. The molecule has 0 radical (unpaired) electrons. The van der Waals surface area contributed by atoms with Crippen LogP contribution >= 0.6 is 0 Å². The van der Waals surface area contributed by atoms with Gasteiger partial charge in [-0.15, -0.1) is 0 Å². The summed E-state index contributed by atoms with van der Waals surface area (Å²) in [6.07, 6.45) is 0. The molecular formula is C6H15Al. The molecule has 0 bridgehead atoms. The van der Waals surface area contributed by atoms with Gasteiger partial charge in [0, 0.05) is 0 Å². The van der Waals surface area contributed by atoms with Crippen LogP contribution in [0.5, 0.6) is 0 Å². The van der Waals surface area contributed by atoms with E-state index in [0.29, 0.717) is 15.2 Å². The molecule has 0 fully saturated rings. The van der Waals surface area contributed by atoms with E-state index in [2.05, 4.69) is 20.8 Å². The second-order valence-electron chi connectivity index (χ2n) is 2.54. The van der Waals surface area contributed by atoms with Crippen molar-refractivity contribution < 1.29 is 0 Å². The lowest BCUT2D eigenvalue weighted by Crippen LogP contribution is -1.92. The molecule has 0 atom stereocenters. The average molecular weight is 114 g/mol. The predicted octanol–water partition coefficient (Wildman–Crippen LogP) is 1.94. The molecule has 0 saturated carbocycles. The van der Waals surface area contributed by atoms with E-state index in [-0.39, 0.29) is 0 Å². The molecule has 0 amide bonds. The molecule has 0 N–H and O–H groups in total. The van der Waals surface area contributed by atoms with Crippen LogP contribution in [0.25, 0.3) is 0 Å². The van der Waals surface area contributed by atoms with Crippen molar-refractivity contribution >= 4 is 15.2 Å². The van der Waals surface area contributed by atoms with Crippen LogP contribution in [0.15, 0.2) is 0 Å². The summed E-state index contributed by atoms with van der Waals surface area (Å²) in [4.78, 5) is 0. The zero-order valence-electron chi connectivity index (χ0n) is 5.70. The summed E-state index contributed by atoms with van der Waals surface area (Å²) in [5.41, 5.74) is 0. The first-order valence-corrected chi connectivity index (χ1v) is 5.27. The molecule has 0 heterocycles. The fraction of sp³-hybridized carbons (Fsp3) is 1.00. The summed E-state index contributed by atoms with van der Waals surface area (Å²) >= 11 is 0.374. The van der Waals surface area contributed by atoms with Gasteiger partial charge in [0.05, 0.1) is 0 Å². The van der Waals surface area contributed by atoms with Crippen molar-refractivity contribution in [1.82, 2.24) is 0 Å². The maximum absolute atomic E-state index is 2.31. The minimum atomic E-state index is 0.374. The zero-order valence-corrected chi connectivity index (χ0v) is 7.11. The lowest BCUT2D eigenvalue weighted by Gasteiger charge is -1.96. The monoisotopic (exact) mass is 114 g/mol. The summed E-state index contributed by atoms with van der Waals surface area (Å²) < 4.78 is 0. The maximum Gasteiger partial charge on any atom is 0.236 e. The second-order valence-corrected chi connectivity index (χ2v) is 4.82. The van der Waals surface area contributed by atoms with Crippen LogP contribution in [0.4, 0.5) is 0 Å². The molecule has 0 aromatic rings. The van der Waals surface area contributed by atoms with Gasteiger partial charge in [-0.1, -0.05) is 37.3 Å². The van der Waals surface area contributed by atoms with E-state index in [9.17, 15) is 0 Å². The fourth-order valence-corrected chi connectivity index (χ4v) is 1.84. The first kappa shape index (κ1) is 7.53. The molecule has 0 aromatic carbocycles. The third kappa shape index (κ3) is 6.53. The highest BCUT2D eigenvalue weighted by atomic mass is 27.1. The fourth-order valence-electron chi connectivity index (χ4n) is 0.612. The van der Waals surface area contributed by atoms with E-state index in [4.69, 9.17) is 0 Å². The molecule has 42 valence electrons. The van der Waals surface area contributed by atoms with E-state index in [1.54, 1.807) is 0 Å². The standard InChI is InChI=1S/C4H9.C2H5.Al.H/c1-4(2)3;1-2;;/h4H,1H2,2-3H3;1H2,2H3;;. The van der Waals surface area contributed by atoms with Crippen molar-refractivity contribution in [3.05, 3.63) is 0 Å². The highest BCUT2D eigenvalue weighted by Gasteiger charge is 1.92. The number of rotatable bonds is 3. The smallest absolute Gasteiger partial charge is 0.1000 e. The van der Waals surface area contributed by atoms with Gasteiger partial charge < -0.3 is 0 Å². The predicted molar refractivity (Wildman–Crippen MR) is 37.3 cm³/mol. The summed E-state index contributed by atoms with van der Waals surface area (Å²) in [6.45, 7) is 6.92. The van der Waals surface area contributed by atoms with Gasteiger partial charge >= 0.3 is 0 Å². The van der Waals surface area contributed by atoms with E-state index in [0.717, 1.165) is 5.92 Å². The summed E-state index contributed by atoms with van der Waals surface area (Å²) in [7, 11) is 0. The van der Waals surface area contributed by atoms with Crippen LogP contribution in [0.2, 0.25) is 10.6 Å². The Kier molecular flexibility index (Phi) is 5.04. The molecule has 0 nitrogen and oxygen atoms in total. The van der Waals surface area contributed by atoms with Crippen LogP contribution in [0.3, 0.4) is 0 Å². The van der Waals surface area contributed by atoms with Gasteiger partial charge in [0.15, 0.2) is 0 Å². The Morgan fingerprint density at radius 1 is 1.43 bits per heavy atom. The molecule has 7 heavy (non-hydrogen) atoms. The Balaban J connectivity index is 2.68. The Hall–Kier alpha value is 0.532. The summed E-state index contributed by atoms with van der Waals surface area (Å²) in [5.74, 6) is 0.964. The van der Waals surface area contributed by atoms with Crippen molar-refractivity contribution in [2.45, 2.75) is 31.3 Å². The minimum Gasteiger partial charge on any atom is -0.1000 e. The van der Waals surface area contributed by atoms with Crippen molar-refractivity contribution in [2.24, 2.45) is 5.92 Å². The van der Waals surface area contributed by atoms with Crippen molar-refractivity contribution in [2.75, 3.05) is 0 Å². The SMILES string of the molecule is C[CH2][AlH][CH2]C(C)C. The minimum absolute atomic E-state index is 0.374. The summed E-state index contributed by atoms with van der Waals surface area (Å²) in [5, 5.41) is 3.02. The van der Waals surface area contributed by atoms with Gasteiger partial charge in [-0.25, -0.2) is 0 Å². The summed E-state index contributed by atoms with van der Waals surface area (Å²) in [6, 6.07) is 0. The van der Waals surface area contributed by atoms with Crippen molar-refractivity contribution in [3.63, 3.8) is 0 Å². The topological polar surface area (TPSA) is 0 Å². The zero-order chi connectivity index (χ0) is 5.70. The third-order valence-corrected chi connectivity index (χ3v) is 3.41. The molecule has 0 unspecified atom stereocenters. The molecular weight excluding hydrogens is 99.0 g/mol. The van der Waals surface area contributed by atoms with Gasteiger partial charge in [0.1, 0.15) is 0 Å². The molecule has 1 heteroatoms. The van der Waals surface area contributed by atoms with Crippen LogP contribution in [-0.4, -0.2) is 15.2 Å². The Morgan fingerprint density at radius 3 is 2.14 bits per heavy atom. The van der Waals surface area contributed by atoms with Crippen LogP contribution in [-0.2, 0) is 0 Å². The van der Waals surface area contributed by atoms with Gasteiger partial charge in [-0.2, -0.15) is 0 Å². The average Bonchev–Trinajstić information content (AvgIpc) is 1.61. The third-order valence-electron chi connectivity index (χ3n) is 1.14. The Labute approximate surface area is 53.0 Å². The van der Waals surface area contributed by atoms with Gasteiger partial charge in [0.25, 0.3) is 0 Å². The largest absolute Gasteiger partial charge is 0.236 e. The highest BCUT2D eigenvalue weighted by Crippen LogP contribution is 1.98. The maximum atomic E-state index is 2.31. The van der Waals surface area contributed by atoms with E-state index in [1.165, 1.54) is 10.6 Å². The molecule has 0 aliphatic heterocycles. The van der Waals surface area contributed by atoms with E-state index in [1.807, 2.05) is 0 Å². The first-order valence-electron chi connectivity index (χ1n) is 3.27. The van der Waals surface area contributed by atoms with Crippen molar-refractivity contribution in [1.29, 1.82) is 0 Å². The lowest BCUT2D eigenvalue weighted by atomic mass is 10.3. The quantitative estimate of drug-likeness (QED) is 0.492. The molecule has 0 saturated heterocycles. The van der Waals surface area contributed by atoms with Gasteiger partial charge in [-0.05, 0) is 0 Å². The highest BCUT2D eigenvalue weighted by molar-refractivity contribution is 6.35. The van der Waals surface area contributed by atoms with Crippen LogP contribution in [0.1, 0.15) is 20.8 Å². The van der Waals surface area contributed by atoms with Crippen LogP contribution < -0.4 is 0 Å². The Bertz CT molecular complexity index is 33.2. The molecule has 0 aliphatic rings. The van der Waals surface area contributed by atoms with E-state index < -0.39 is 0 Å².